The Balaban J connectivity index is 1.43. The maximum absolute atomic E-state index is 13.1. The lowest BCUT2D eigenvalue weighted by Crippen LogP contribution is -2.39. The summed E-state index contributed by atoms with van der Waals surface area (Å²) in [5, 5.41) is 11.4. The van der Waals surface area contributed by atoms with Crippen molar-refractivity contribution >= 4 is 16.9 Å². The van der Waals surface area contributed by atoms with E-state index in [1.54, 1.807) is 12.4 Å². The average Bonchev–Trinajstić information content (AvgIpc) is 3.37. The fraction of sp³-hybridized carbons (Fsp3) is 0.250. The average molecular weight is 412 g/mol. The lowest BCUT2D eigenvalue weighted by atomic mass is 9.94. The number of nitrogens with zero attached hydrogens (tertiary/aromatic N) is 4. The van der Waals surface area contributed by atoms with E-state index in [1.165, 1.54) is 5.56 Å². The number of amides is 1. The fourth-order valence-corrected chi connectivity index (χ4v) is 4.38. The predicted octanol–water partition coefficient (Wildman–Crippen LogP) is 3.16. The van der Waals surface area contributed by atoms with E-state index in [2.05, 4.69) is 49.6 Å². The zero-order valence-corrected chi connectivity index (χ0v) is 17.5. The van der Waals surface area contributed by atoms with Crippen molar-refractivity contribution in [1.82, 2.24) is 30.4 Å². The number of fused-ring (bicyclic) bond motifs is 1. The third-order valence-corrected chi connectivity index (χ3v) is 5.90. The Morgan fingerprint density at radius 2 is 1.97 bits per heavy atom. The number of pyridine rings is 2. The van der Waals surface area contributed by atoms with Crippen molar-refractivity contribution in [2.24, 2.45) is 0 Å². The molecule has 5 rings (SSSR count). The Hall–Kier alpha value is -3.58. The highest BCUT2D eigenvalue weighted by atomic mass is 16.1. The molecule has 4 aromatic rings. The van der Waals surface area contributed by atoms with Gasteiger partial charge in [0.1, 0.15) is 5.69 Å². The molecule has 0 aliphatic carbocycles. The smallest absolute Gasteiger partial charge is 0.253 e. The van der Waals surface area contributed by atoms with Crippen LogP contribution in [0.2, 0.25) is 0 Å². The van der Waals surface area contributed by atoms with Crippen LogP contribution < -0.4 is 5.32 Å². The van der Waals surface area contributed by atoms with Gasteiger partial charge in [-0.15, -0.1) is 0 Å². The molecule has 31 heavy (non-hydrogen) atoms. The summed E-state index contributed by atoms with van der Waals surface area (Å²) in [6.45, 7) is 3.67. The maximum Gasteiger partial charge on any atom is 0.253 e. The summed E-state index contributed by atoms with van der Waals surface area (Å²) in [6.07, 6.45) is 3.36. The number of carbonyl (C=O) groups excluding carboxylic acids is 1. The Bertz CT molecular complexity index is 1240. The summed E-state index contributed by atoms with van der Waals surface area (Å²) in [5.74, 6) is 0.143. The second kappa shape index (κ2) is 7.92. The van der Waals surface area contributed by atoms with Gasteiger partial charge in [-0.3, -0.25) is 14.9 Å². The molecule has 2 unspecified atom stereocenters. The Morgan fingerprint density at radius 3 is 2.77 bits per heavy atom. The van der Waals surface area contributed by atoms with Crippen LogP contribution in [0.15, 0.2) is 60.9 Å². The fourth-order valence-electron chi connectivity index (χ4n) is 4.38. The Kier molecular flexibility index (Phi) is 4.95. The minimum Gasteiger partial charge on any atom is -0.347 e. The number of benzene rings is 1. The molecule has 0 saturated carbocycles. The molecular formula is C24H24N6O. The van der Waals surface area contributed by atoms with Crippen LogP contribution in [-0.2, 0) is 0 Å². The zero-order chi connectivity index (χ0) is 21.4. The summed E-state index contributed by atoms with van der Waals surface area (Å²) in [7, 11) is 2.09. The monoisotopic (exact) mass is 412 g/mol. The van der Waals surface area contributed by atoms with Crippen molar-refractivity contribution in [2.45, 2.75) is 18.9 Å². The number of hydrogen-bond acceptors (Lipinski definition) is 5. The van der Waals surface area contributed by atoms with Gasteiger partial charge in [0.05, 0.1) is 5.56 Å². The minimum atomic E-state index is -0.117. The van der Waals surface area contributed by atoms with Gasteiger partial charge < -0.3 is 10.2 Å². The number of likely N-dealkylation sites (tertiary alicyclic amines) is 1. The highest BCUT2D eigenvalue weighted by molar-refractivity contribution is 6.00. The molecule has 3 aromatic heterocycles. The van der Waals surface area contributed by atoms with Crippen molar-refractivity contribution < 1.29 is 4.79 Å². The van der Waals surface area contributed by atoms with E-state index in [9.17, 15) is 4.79 Å². The summed E-state index contributed by atoms with van der Waals surface area (Å²) in [5.41, 5.74) is 5.06. The van der Waals surface area contributed by atoms with Gasteiger partial charge in [0, 0.05) is 54.1 Å². The number of aryl methyl sites for hydroxylation is 1. The van der Waals surface area contributed by atoms with Crippen LogP contribution in [0.1, 0.15) is 27.5 Å². The number of aromatic nitrogens is 4. The molecule has 7 nitrogen and oxygen atoms in total. The molecule has 1 amide bonds. The van der Waals surface area contributed by atoms with E-state index in [1.807, 2.05) is 43.3 Å². The highest BCUT2D eigenvalue weighted by Gasteiger charge is 2.33. The van der Waals surface area contributed by atoms with Gasteiger partial charge in [-0.05, 0) is 37.7 Å². The van der Waals surface area contributed by atoms with Crippen LogP contribution in [0.5, 0.6) is 0 Å². The quantitative estimate of drug-likeness (QED) is 0.538. The molecule has 0 spiro atoms. The number of H-pyrrole nitrogens is 1. The number of carbonyl (C=O) groups is 1. The first-order valence-corrected chi connectivity index (χ1v) is 10.4. The Labute approximate surface area is 180 Å². The van der Waals surface area contributed by atoms with Crippen molar-refractivity contribution in [3.05, 3.63) is 77.7 Å². The molecule has 1 fully saturated rings. The maximum atomic E-state index is 13.1. The number of aromatic amines is 1. The molecule has 0 radical (unpaired) electrons. The molecular weight excluding hydrogens is 388 g/mol. The van der Waals surface area contributed by atoms with Crippen molar-refractivity contribution in [3.8, 4) is 11.3 Å². The van der Waals surface area contributed by atoms with Crippen LogP contribution in [0, 0.1) is 6.92 Å². The molecule has 4 heterocycles. The van der Waals surface area contributed by atoms with E-state index in [4.69, 9.17) is 0 Å². The Morgan fingerprint density at radius 1 is 1.13 bits per heavy atom. The van der Waals surface area contributed by atoms with Crippen LogP contribution in [0.3, 0.4) is 0 Å². The van der Waals surface area contributed by atoms with Crippen molar-refractivity contribution in [1.29, 1.82) is 0 Å². The van der Waals surface area contributed by atoms with Crippen molar-refractivity contribution in [3.63, 3.8) is 0 Å². The van der Waals surface area contributed by atoms with Gasteiger partial charge in [-0.25, -0.2) is 4.98 Å². The summed E-state index contributed by atoms with van der Waals surface area (Å²) in [4.78, 5) is 24.1. The number of rotatable bonds is 4. The second-order valence-electron chi connectivity index (χ2n) is 8.20. The first kappa shape index (κ1) is 19.4. The van der Waals surface area contributed by atoms with Gasteiger partial charge >= 0.3 is 0 Å². The number of likely N-dealkylation sites (N-methyl/N-ethyl adjacent to an activating group) is 1. The lowest BCUT2D eigenvalue weighted by Gasteiger charge is -2.20. The molecule has 156 valence electrons. The summed E-state index contributed by atoms with van der Waals surface area (Å²) >= 11 is 0. The van der Waals surface area contributed by atoms with E-state index < -0.39 is 0 Å². The normalized spacial score (nSPS) is 19.0. The van der Waals surface area contributed by atoms with Gasteiger partial charge in [0.25, 0.3) is 5.91 Å². The van der Waals surface area contributed by atoms with Crippen LogP contribution in [0.4, 0.5) is 0 Å². The molecule has 2 atom stereocenters. The first-order valence-electron chi connectivity index (χ1n) is 10.4. The molecule has 1 aliphatic rings. The zero-order valence-electron chi connectivity index (χ0n) is 17.5. The lowest BCUT2D eigenvalue weighted by molar-refractivity contribution is 0.0935. The molecule has 1 saturated heterocycles. The molecule has 7 heteroatoms. The van der Waals surface area contributed by atoms with E-state index in [0.29, 0.717) is 11.2 Å². The van der Waals surface area contributed by atoms with E-state index >= 15 is 0 Å². The van der Waals surface area contributed by atoms with Crippen LogP contribution in [0.25, 0.3) is 22.3 Å². The molecule has 1 aliphatic heterocycles. The second-order valence-corrected chi connectivity index (χ2v) is 8.20. The minimum absolute atomic E-state index is 0.0438. The standard InChI is InChI=1S/C24H24N6O/c1-15-10-17(8-9-25-15)22-19-11-18(12-26-23(19)29-28-22)24(31)27-21-14-30(2)13-20(21)16-6-4-3-5-7-16/h3-12,20-21H,13-14H2,1-2H3,(H,27,31)(H,26,28,29). The van der Waals surface area contributed by atoms with Crippen molar-refractivity contribution in [2.75, 3.05) is 20.1 Å². The predicted molar refractivity (Wildman–Crippen MR) is 120 cm³/mol. The molecule has 0 bridgehead atoms. The van der Waals surface area contributed by atoms with Gasteiger partial charge in [0.15, 0.2) is 5.65 Å². The van der Waals surface area contributed by atoms with E-state index in [-0.39, 0.29) is 17.9 Å². The van der Waals surface area contributed by atoms with E-state index in [0.717, 1.165) is 35.4 Å². The topological polar surface area (TPSA) is 86.8 Å². The van der Waals surface area contributed by atoms with Gasteiger partial charge in [0.2, 0.25) is 0 Å². The third kappa shape index (κ3) is 3.80. The number of nitrogens with one attached hydrogen (secondary N) is 2. The van der Waals surface area contributed by atoms with Crippen LogP contribution >= 0.6 is 0 Å². The van der Waals surface area contributed by atoms with Gasteiger partial charge in [-0.2, -0.15) is 5.10 Å². The largest absolute Gasteiger partial charge is 0.347 e. The summed E-state index contributed by atoms with van der Waals surface area (Å²) < 4.78 is 0. The summed E-state index contributed by atoms with van der Waals surface area (Å²) in [6, 6.07) is 16.2. The first-order chi connectivity index (χ1) is 15.1. The van der Waals surface area contributed by atoms with Crippen LogP contribution in [-0.4, -0.2) is 57.2 Å². The van der Waals surface area contributed by atoms with Gasteiger partial charge in [-0.1, -0.05) is 30.3 Å². The third-order valence-electron chi connectivity index (χ3n) is 5.90. The molecule has 2 N–H and O–H groups in total. The number of hydrogen-bond donors (Lipinski definition) is 2. The highest BCUT2D eigenvalue weighted by Crippen LogP contribution is 2.28. The SMILES string of the molecule is Cc1cc(-c2n[nH]c3ncc(C(=O)NC4CN(C)CC4c4ccccc4)cc23)ccn1. The molecule has 1 aromatic carbocycles.